The van der Waals surface area contributed by atoms with E-state index in [2.05, 4.69) is 5.32 Å². The van der Waals surface area contributed by atoms with Crippen LogP contribution in [0.2, 0.25) is 0 Å². The number of nitro groups is 1. The van der Waals surface area contributed by atoms with Crippen LogP contribution in [0.1, 0.15) is 43.2 Å². The Bertz CT molecular complexity index is 771. The summed E-state index contributed by atoms with van der Waals surface area (Å²) in [6.45, 7) is 5.37. The average molecular weight is 374 g/mol. The lowest BCUT2D eigenvalue weighted by Crippen LogP contribution is -2.41. The number of nitrogens with zero attached hydrogens (tertiary/aromatic N) is 1. The highest BCUT2D eigenvalue weighted by Crippen LogP contribution is 2.42. The maximum atomic E-state index is 12.8. The van der Waals surface area contributed by atoms with Gasteiger partial charge in [0.1, 0.15) is 17.7 Å². The zero-order valence-electron chi connectivity index (χ0n) is 14.9. The minimum Gasteiger partial charge on any atom is -0.459 e. The second kappa shape index (κ2) is 7.17. The Labute approximate surface area is 156 Å². The maximum Gasteiger partial charge on any atom is 0.324 e. The summed E-state index contributed by atoms with van der Waals surface area (Å²) < 4.78 is 5.55. The van der Waals surface area contributed by atoms with E-state index in [9.17, 15) is 14.9 Å². The van der Waals surface area contributed by atoms with Gasteiger partial charge in [-0.3, -0.25) is 20.2 Å². The van der Waals surface area contributed by atoms with Crippen LogP contribution in [0.4, 0.5) is 0 Å². The zero-order chi connectivity index (χ0) is 18.9. The molecule has 7 heteroatoms. The summed E-state index contributed by atoms with van der Waals surface area (Å²) in [4.78, 5) is 25.4. The van der Waals surface area contributed by atoms with Crippen molar-refractivity contribution in [1.82, 2.24) is 5.32 Å². The average Bonchev–Trinajstić information content (AvgIpc) is 3.21. The molecule has 4 atom stereocenters. The summed E-state index contributed by atoms with van der Waals surface area (Å²) >= 11 is 1.45. The van der Waals surface area contributed by atoms with Gasteiger partial charge in [-0.25, -0.2) is 0 Å². The van der Waals surface area contributed by atoms with Gasteiger partial charge in [0.15, 0.2) is 0 Å². The van der Waals surface area contributed by atoms with Crippen molar-refractivity contribution in [3.05, 3.63) is 68.4 Å². The molecule has 2 aromatic rings. The highest BCUT2D eigenvalue weighted by Gasteiger charge is 2.55. The Morgan fingerprint density at radius 2 is 1.88 bits per heavy atom. The van der Waals surface area contributed by atoms with Crippen molar-refractivity contribution in [3.8, 4) is 0 Å². The van der Waals surface area contributed by atoms with Crippen LogP contribution in [-0.2, 0) is 9.53 Å². The summed E-state index contributed by atoms with van der Waals surface area (Å²) in [5.74, 6) is -1.06. The predicted molar refractivity (Wildman–Crippen MR) is 99.8 cm³/mol. The quantitative estimate of drug-likeness (QED) is 0.503. The minimum absolute atomic E-state index is 0.278. The van der Waals surface area contributed by atoms with Crippen LogP contribution in [0, 0.1) is 10.1 Å². The van der Waals surface area contributed by atoms with Gasteiger partial charge in [-0.15, -0.1) is 11.3 Å². The third kappa shape index (κ3) is 3.78. The molecule has 26 heavy (non-hydrogen) atoms. The SMILES string of the molecule is CC(C)(C)OC(=O)[C@H]1N[C@@H](c2cccs2)[C@@H]([N+](=O)[O-])[C@@H]1c1ccccc1. The van der Waals surface area contributed by atoms with Crippen molar-refractivity contribution in [2.45, 2.75) is 50.4 Å². The van der Waals surface area contributed by atoms with Gasteiger partial charge in [0, 0.05) is 9.80 Å². The van der Waals surface area contributed by atoms with Crippen molar-refractivity contribution in [2.75, 3.05) is 0 Å². The summed E-state index contributed by atoms with van der Waals surface area (Å²) in [5, 5.41) is 17.0. The number of thiophene rings is 1. The Morgan fingerprint density at radius 3 is 2.42 bits per heavy atom. The monoisotopic (exact) mass is 374 g/mol. The van der Waals surface area contributed by atoms with Crippen LogP contribution in [0.5, 0.6) is 0 Å². The van der Waals surface area contributed by atoms with Crippen LogP contribution in [0.3, 0.4) is 0 Å². The molecule has 1 fully saturated rings. The number of rotatable bonds is 4. The Morgan fingerprint density at radius 1 is 1.19 bits per heavy atom. The van der Waals surface area contributed by atoms with Gasteiger partial charge in [0.2, 0.25) is 6.04 Å². The fraction of sp³-hybridized carbons (Fsp3) is 0.421. The van der Waals surface area contributed by atoms with E-state index in [4.69, 9.17) is 4.74 Å². The molecule has 1 aromatic carbocycles. The summed E-state index contributed by atoms with van der Waals surface area (Å²) in [6.07, 6.45) is 0. The number of ether oxygens (including phenoxy) is 1. The number of benzene rings is 1. The largest absolute Gasteiger partial charge is 0.459 e. The first-order chi connectivity index (χ1) is 12.3. The number of esters is 1. The number of carbonyl (C=O) groups excluding carboxylic acids is 1. The summed E-state index contributed by atoms with van der Waals surface area (Å²) in [6, 6.07) is 10.6. The highest BCUT2D eigenvalue weighted by molar-refractivity contribution is 7.10. The Kier molecular flexibility index (Phi) is 5.11. The lowest BCUT2D eigenvalue weighted by molar-refractivity contribution is -0.527. The molecule has 138 valence electrons. The van der Waals surface area contributed by atoms with Crippen LogP contribution in [-0.4, -0.2) is 28.6 Å². The standard InChI is InChI=1S/C19H22N2O4S/c1-19(2,3)25-18(22)16-14(12-8-5-4-6-9-12)17(21(23)24)15(20-16)13-10-7-11-26-13/h4-11,14-17,20H,1-3H3/t14-,15+,16+,17+/m1/s1. The molecule has 1 aliphatic heterocycles. The summed E-state index contributed by atoms with van der Waals surface area (Å²) in [5.41, 5.74) is 0.0992. The van der Waals surface area contributed by atoms with E-state index < -0.39 is 35.6 Å². The molecular weight excluding hydrogens is 352 g/mol. The first-order valence-electron chi connectivity index (χ1n) is 8.48. The van der Waals surface area contributed by atoms with Crippen LogP contribution >= 0.6 is 11.3 Å². The number of hydrogen-bond acceptors (Lipinski definition) is 6. The van der Waals surface area contributed by atoms with Crippen LogP contribution in [0.25, 0.3) is 0 Å². The molecule has 0 radical (unpaired) electrons. The van der Waals surface area contributed by atoms with Gasteiger partial charge in [0.05, 0.1) is 5.92 Å². The van der Waals surface area contributed by atoms with Crippen molar-refractivity contribution < 1.29 is 14.5 Å². The van der Waals surface area contributed by atoms with Crippen molar-refractivity contribution in [1.29, 1.82) is 0 Å². The van der Waals surface area contributed by atoms with Crippen LogP contribution < -0.4 is 5.32 Å². The molecule has 1 aromatic heterocycles. The zero-order valence-corrected chi connectivity index (χ0v) is 15.7. The first-order valence-corrected chi connectivity index (χ1v) is 9.36. The molecular formula is C19H22N2O4S. The third-order valence-corrected chi connectivity index (χ3v) is 5.32. The molecule has 1 saturated heterocycles. The second-order valence-electron chi connectivity index (χ2n) is 7.38. The normalized spacial score (nSPS) is 25.8. The molecule has 2 heterocycles. The smallest absolute Gasteiger partial charge is 0.324 e. The van der Waals surface area contributed by atoms with Gasteiger partial charge >= 0.3 is 5.97 Å². The van der Waals surface area contributed by atoms with Crippen molar-refractivity contribution in [2.24, 2.45) is 0 Å². The lowest BCUT2D eigenvalue weighted by Gasteiger charge is -2.25. The van der Waals surface area contributed by atoms with E-state index in [-0.39, 0.29) is 4.92 Å². The van der Waals surface area contributed by atoms with Gasteiger partial charge in [-0.05, 0) is 37.8 Å². The fourth-order valence-corrected chi connectivity index (χ4v) is 4.24. The predicted octanol–water partition coefficient (Wildman–Crippen LogP) is 3.53. The third-order valence-electron chi connectivity index (χ3n) is 4.37. The highest BCUT2D eigenvalue weighted by atomic mass is 32.1. The number of carbonyl (C=O) groups is 1. The molecule has 6 nitrogen and oxygen atoms in total. The Balaban J connectivity index is 2.03. The summed E-state index contributed by atoms with van der Waals surface area (Å²) in [7, 11) is 0. The van der Waals surface area contributed by atoms with Gasteiger partial charge in [-0.1, -0.05) is 36.4 Å². The van der Waals surface area contributed by atoms with E-state index in [1.807, 2.05) is 47.8 Å². The Hall–Kier alpha value is -2.25. The molecule has 3 rings (SSSR count). The first kappa shape index (κ1) is 18.5. The molecule has 0 unspecified atom stereocenters. The second-order valence-corrected chi connectivity index (χ2v) is 8.36. The molecule has 0 aliphatic carbocycles. The minimum atomic E-state index is -0.950. The van der Waals surface area contributed by atoms with Gasteiger partial charge in [-0.2, -0.15) is 0 Å². The fourth-order valence-electron chi connectivity index (χ4n) is 3.42. The van der Waals surface area contributed by atoms with E-state index in [1.54, 1.807) is 20.8 Å². The molecule has 1 N–H and O–H groups in total. The lowest BCUT2D eigenvalue weighted by atomic mass is 9.86. The van der Waals surface area contributed by atoms with Gasteiger partial charge in [0.25, 0.3) is 0 Å². The van der Waals surface area contributed by atoms with Crippen molar-refractivity contribution in [3.63, 3.8) is 0 Å². The number of hydrogen-bond donors (Lipinski definition) is 1. The molecule has 0 amide bonds. The van der Waals surface area contributed by atoms with E-state index in [0.29, 0.717) is 0 Å². The maximum absolute atomic E-state index is 12.8. The van der Waals surface area contributed by atoms with E-state index in [1.165, 1.54) is 11.3 Å². The van der Waals surface area contributed by atoms with Crippen LogP contribution in [0.15, 0.2) is 47.8 Å². The van der Waals surface area contributed by atoms with E-state index in [0.717, 1.165) is 10.4 Å². The van der Waals surface area contributed by atoms with Gasteiger partial charge < -0.3 is 4.74 Å². The molecule has 0 saturated carbocycles. The topological polar surface area (TPSA) is 81.5 Å². The molecule has 1 aliphatic rings. The molecule has 0 spiro atoms. The van der Waals surface area contributed by atoms with E-state index >= 15 is 0 Å². The van der Waals surface area contributed by atoms with Crippen molar-refractivity contribution >= 4 is 17.3 Å². The molecule has 0 bridgehead atoms. The number of nitrogens with one attached hydrogen (secondary N) is 1.